The summed E-state index contributed by atoms with van der Waals surface area (Å²) >= 11 is 0. The predicted molar refractivity (Wildman–Crippen MR) is 64.4 cm³/mol. The van der Waals surface area contributed by atoms with Crippen molar-refractivity contribution >= 4 is 18.3 Å². The average Bonchev–Trinajstić information content (AvgIpc) is 2.36. The van der Waals surface area contributed by atoms with Crippen molar-refractivity contribution in [3.63, 3.8) is 0 Å². The summed E-state index contributed by atoms with van der Waals surface area (Å²) in [5, 5.41) is 0. The molecule has 1 saturated heterocycles. The molecule has 0 unspecified atom stereocenters. The number of hydrogen-bond donors (Lipinski definition) is 1. The number of anilines is 1. The topological polar surface area (TPSA) is 57.4 Å². The van der Waals surface area contributed by atoms with Crippen LogP contribution in [0.2, 0.25) is 0 Å². The molecule has 0 aliphatic carbocycles. The molecule has 0 spiro atoms. The van der Waals surface area contributed by atoms with Crippen molar-refractivity contribution in [1.82, 2.24) is 4.98 Å². The maximum absolute atomic E-state index is 5.89. The van der Waals surface area contributed by atoms with Crippen molar-refractivity contribution in [2.24, 2.45) is 0 Å². The molecule has 2 N–H and O–H groups in total. The Kier molecular flexibility index (Phi) is 2.47. The SMILES string of the molecule is CC1(C)OB(c2cnccc2N)OC1(C)C. The van der Waals surface area contributed by atoms with E-state index < -0.39 is 7.12 Å². The normalized spacial score (nSPS) is 22.4. The van der Waals surface area contributed by atoms with E-state index in [1.807, 2.05) is 27.7 Å². The zero-order chi connectivity index (χ0) is 12.0. The number of nitrogen functional groups attached to an aromatic ring is 1. The lowest BCUT2D eigenvalue weighted by Crippen LogP contribution is -2.41. The van der Waals surface area contributed by atoms with Gasteiger partial charge in [0.2, 0.25) is 0 Å². The molecule has 0 amide bonds. The fourth-order valence-corrected chi connectivity index (χ4v) is 1.58. The van der Waals surface area contributed by atoms with E-state index in [0.29, 0.717) is 5.69 Å². The van der Waals surface area contributed by atoms with Gasteiger partial charge in [0, 0.05) is 23.5 Å². The van der Waals surface area contributed by atoms with Gasteiger partial charge in [-0.3, -0.25) is 4.98 Å². The maximum Gasteiger partial charge on any atom is 0.498 e. The lowest BCUT2D eigenvalue weighted by molar-refractivity contribution is 0.00578. The second kappa shape index (κ2) is 3.47. The summed E-state index contributed by atoms with van der Waals surface area (Å²) in [5.74, 6) is 0. The number of pyridine rings is 1. The van der Waals surface area contributed by atoms with E-state index in [1.165, 1.54) is 0 Å². The molecule has 0 aromatic carbocycles. The Hall–Kier alpha value is -1.07. The van der Waals surface area contributed by atoms with Crippen molar-refractivity contribution in [1.29, 1.82) is 0 Å². The molecule has 2 rings (SSSR count). The number of nitrogens with two attached hydrogens (primary N) is 1. The first-order chi connectivity index (χ1) is 7.33. The van der Waals surface area contributed by atoms with Crippen LogP contribution in [0.25, 0.3) is 0 Å². The summed E-state index contributed by atoms with van der Waals surface area (Å²) in [6.07, 6.45) is 3.35. The van der Waals surface area contributed by atoms with Gasteiger partial charge in [-0.1, -0.05) is 0 Å². The second-order valence-electron chi connectivity index (χ2n) is 5.09. The van der Waals surface area contributed by atoms with E-state index in [1.54, 1.807) is 18.5 Å². The highest BCUT2D eigenvalue weighted by molar-refractivity contribution is 6.63. The molecular formula is C11H17BN2O2. The Morgan fingerprint density at radius 3 is 2.25 bits per heavy atom. The van der Waals surface area contributed by atoms with E-state index in [9.17, 15) is 0 Å². The maximum atomic E-state index is 5.89. The van der Waals surface area contributed by atoms with Gasteiger partial charge >= 0.3 is 7.12 Å². The van der Waals surface area contributed by atoms with Crippen molar-refractivity contribution in [3.8, 4) is 0 Å². The van der Waals surface area contributed by atoms with E-state index >= 15 is 0 Å². The third-order valence-corrected chi connectivity index (χ3v) is 3.39. The van der Waals surface area contributed by atoms with Crippen molar-refractivity contribution < 1.29 is 9.31 Å². The highest BCUT2D eigenvalue weighted by Crippen LogP contribution is 2.36. The molecule has 4 nitrogen and oxygen atoms in total. The summed E-state index contributed by atoms with van der Waals surface area (Å²) in [7, 11) is -0.432. The molecule has 16 heavy (non-hydrogen) atoms. The Balaban J connectivity index is 2.31. The molecule has 1 aromatic rings. The van der Waals surface area contributed by atoms with Gasteiger partial charge in [-0.2, -0.15) is 0 Å². The third-order valence-electron chi connectivity index (χ3n) is 3.39. The molecule has 1 aromatic heterocycles. The van der Waals surface area contributed by atoms with Gasteiger partial charge in [0.05, 0.1) is 11.2 Å². The molecule has 1 fully saturated rings. The minimum atomic E-state index is -0.432. The largest absolute Gasteiger partial charge is 0.498 e. The number of nitrogens with zero attached hydrogens (tertiary/aromatic N) is 1. The van der Waals surface area contributed by atoms with Gasteiger partial charge in [0.1, 0.15) is 0 Å². The summed E-state index contributed by atoms with van der Waals surface area (Å²) in [5.41, 5.74) is 6.62. The monoisotopic (exact) mass is 220 g/mol. The van der Waals surface area contributed by atoms with Crippen LogP contribution in [0, 0.1) is 0 Å². The molecule has 1 aliphatic heterocycles. The predicted octanol–water partition coefficient (Wildman–Crippen LogP) is 0.963. The highest BCUT2D eigenvalue weighted by Gasteiger charge is 2.52. The lowest BCUT2D eigenvalue weighted by Gasteiger charge is -2.32. The number of hydrogen-bond acceptors (Lipinski definition) is 4. The Labute approximate surface area is 96.3 Å². The zero-order valence-corrected chi connectivity index (χ0v) is 10.2. The molecule has 0 radical (unpaired) electrons. The first-order valence-electron chi connectivity index (χ1n) is 5.38. The van der Waals surface area contributed by atoms with Gasteiger partial charge in [-0.05, 0) is 33.8 Å². The van der Waals surface area contributed by atoms with Crippen LogP contribution in [0.3, 0.4) is 0 Å². The Morgan fingerprint density at radius 1 is 1.19 bits per heavy atom. The minimum Gasteiger partial charge on any atom is -0.399 e. The highest BCUT2D eigenvalue weighted by atomic mass is 16.7. The van der Waals surface area contributed by atoms with Gasteiger partial charge in [-0.15, -0.1) is 0 Å². The third kappa shape index (κ3) is 1.70. The molecule has 0 bridgehead atoms. The molecule has 0 atom stereocenters. The molecule has 5 heteroatoms. The standard InChI is InChI=1S/C11H17BN2O2/c1-10(2)11(3,4)16-12(15-10)8-7-14-6-5-9(8)13/h5-7H,1-4H3,(H2,13,14). The van der Waals surface area contributed by atoms with Crippen molar-refractivity contribution in [3.05, 3.63) is 18.5 Å². The van der Waals surface area contributed by atoms with Crippen LogP contribution in [0.5, 0.6) is 0 Å². The van der Waals surface area contributed by atoms with E-state index in [0.717, 1.165) is 5.46 Å². The van der Waals surface area contributed by atoms with Crippen LogP contribution in [-0.4, -0.2) is 23.3 Å². The zero-order valence-electron chi connectivity index (χ0n) is 10.2. The van der Waals surface area contributed by atoms with Crippen LogP contribution in [-0.2, 0) is 9.31 Å². The Morgan fingerprint density at radius 2 is 1.75 bits per heavy atom. The van der Waals surface area contributed by atoms with E-state index in [-0.39, 0.29) is 11.2 Å². The summed E-state index contributed by atoms with van der Waals surface area (Å²) in [6.45, 7) is 8.05. The molecule has 86 valence electrons. The first kappa shape index (κ1) is 11.4. The van der Waals surface area contributed by atoms with Crippen LogP contribution < -0.4 is 11.2 Å². The molecular weight excluding hydrogens is 203 g/mol. The average molecular weight is 220 g/mol. The lowest BCUT2D eigenvalue weighted by atomic mass is 9.79. The number of rotatable bonds is 1. The Bertz CT molecular complexity index is 391. The van der Waals surface area contributed by atoms with Crippen LogP contribution in [0.1, 0.15) is 27.7 Å². The van der Waals surface area contributed by atoms with Crippen molar-refractivity contribution in [2.75, 3.05) is 5.73 Å². The van der Waals surface area contributed by atoms with Gasteiger partial charge < -0.3 is 15.0 Å². The summed E-state index contributed by atoms with van der Waals surface area (Å²) in [6, 6.07) is 1.75. The van der Waals surface area contributed by atoms with E-state index in [2.05, 4.69) is 4.98 Å². The quantitative estimate of drug-likeness (QED) is 0.716. The van der Waals surface area contributed by atoms with Crippen LogP contribution in [0.4, 0.5) is 5.69 Å². The number of aromatic nitrogens is 1. The molecule has 0 saturated carbocycles. The fraction of sp³-hybridized carbons (Fsp3) is 0.545. The van der Waals surface area contributed by atoms with Gasteiger partial charge in [-0.25, -0.2) is 0 Å². The minimum absolute atomic E-state index is 0.347. The summed E-state index contributed by atoms with van der Waals surface area (Å²) < 4.78 is 11.8. The first-order valence-corrected chi connectivity index (χ1v) is 5.38. The van der Waals surface area contributed by atoms with Crippen LogP contribution in [0.15, 0.2) is 18.5 Å². The van der Waals surface area contributed by atoms with Crippen molar-refractivity contribution in [2.45, 2.75) is 38.9 Å². The second-order valence-corrected chi connectivity index (χ2v) is 5.09. The van der Waals surface area contributed by atoms with E-state index in [4.69, 9.17) is 15.0 Å². The molecule has 2 heterocycles. The summed E-state index contributed by atoms with van der Waals surface area (Å²) in [4.78, 5) is 4.05. The van der Waals surface area contributed by atoms with Gasteiger partial charge in [0.15, 0.2) is 0 Å². The smallest absolute Gasteiger partial charge is 0.399 e. The fourth-order valence-electron chi connectivity index (χ4n) is 1.58. The van der Waals surface area contributed by atoms with Gasteiger partial charge in [0.25, 0.3) is 0 Å². The molecule has 1 aliphatic rings. The van der Waals surface area contributed by atoms with Crippen LogP contribution >= 0.6 is 0 Å².